The molecule has 0 N–H and O–H groups in total. The average Bonchev–Trinajstić information content (AvgIpc) is 3.00. The van der Waals surface area contributed by atoms with Crippen LogP contribution in [0.1, 0.15) is 60.8 Å². The summed E-state index contributed by atoms with van der Waals surface area (Å²) in [6, 6.07) is 17.1. The first-order valence-electron chi connectivity index (χ1n) is 8.50. The predicted octanol–water partition coefficient (Wildman–Crippen LogP) is 7.30. The Bertz CT molecular complexity index is 800. The van der Waals surface area contributed by atoms with Gasteiger partial charge >= 0.3 is 0 Å². The Balaban J connectivity index is 1.61. The van der Waals surface area contributed by atoms with Crippen molar-refractivity contribution in [1.29, 1.82) is 0 Å². The molecule has 0 heterocycles. The molecule has 122 valence electrons. The second-order valence-corrected chi connectivity index (χ2v) is 7.61. The van der Waals surface area contributed by atoms with E-state index in [1.165, 1.54) is 33.4 Å². The summed E-state index contributed by atoms with van der Waals surface area (Å²) in [5, 5.41) is 1.88. The van der Waals surface area contributed by atoms with Crippen molar-refractivity contribution in [3.05, 3.63) is 81.9 Å². The van der Waals surface area contributed by atoms with Crippen LogP contribution in [-0.2, 0) is 0 Å². The molecule has 0 spiro atoms. The van der Waals surface area contributed by atoms with Crippen molar-refractivity contribution >= 4 is 33.3 Å². The normalized spacial score (nSPS) is 22.2. The van der Waals surface area contributed by atoms with E-state index in [0.29, 0.717) is 11.8 Å². The molecule has 0 fully saturated rings. The van der Waals surface area contributed by atoms with Crippen molar-refractivity contribution in [2.75, 3.05) is 0 Å². The predicted molar refractivity (Wildman–Crippen MR) is 104 cm³/mol. The Hall–Kier alpha value is -1.50. The smallest absolute Gasteiger partial charge is 0.0476 e. The van der Waals surface area contributed by atoms with Gasteiger partial charge in [0.1, 0.15) is 0 Å². The summed E-state index contributed by atoms with van der Waals surface area (Å²) < 4.78 is 0. The Morgan fingerprint density at radius 2 is 1.04 bits per heavy atom. The zero-order chi connectivity index (χ0) is 16.8. The molecule has 2 aromatic carbocycles. The standard InChI is InChI=1S/C22H20Cl2/c1-13-15(17-7-3-5-9-19(17)21(13)23)11-12-16-14(2)22(24)20-10-6-4-8-18(16)20/h3-10,15-16H,11-12H2,1-2H3. The van der Waals surface area contributed by atoms with E-state index in [9.17, 15) is 0 Å². The van der Waals surface area contributed by atoms with Gasteiger partial charge in [0.05, 0.1) is 0 Å². The third-order valence-electron chi connectivity index (χ3n) is 5.63. The molecule has 0 aromatic heterocycles. The van der Waals surface area contributed by atoms with Gasteiger partial charge in [0, 0.05) is 21.9 Å². The van der Waals surface area contributed by atoms with E-state index in [2.05, 4.69) is 62.4 Å². The second-order valence-electron chi connectivity index (χ2n) is 6.85. The minimum Gasteiger partial charge on any atom is -0.0837 e. The number of hydrogen-bond acceptors (Lipinski definition) is 0. The van der Waals surface area contributed by atoms with Crippen LogP contribution in [0, 0.1) is 0 Å². The van der Waals surface area contributed by atoms with E-state index >= 15 is 0 Å². The molecule has 0 radical (unpaired) electrons. The molecule has 4 rings (SSSR count). The van der Waals surface area contributed by atoms with Crippen LogP contribution in [0.15, 0.2) is 59.7 Å². The fourth-order valence-electron chi connectivity index (χ4n) is 4.28. The molecular weight excluding hydrogens is 335 g/mol. The fourth-order valence-corrected chi connectivity index (χ4v) is 4.88. The minimum atomic E-state index is 0.424. The highest BCUT2D eigenvalue weighted by molar-refractivity contribution is 6.50. The van der Waals surface area contributed by atoms with Crippen LogP contribution in [0.4, 0.5) is 0 Å². The van der Waals surface area contributed by atoms with Crippen molar-refractivity contribution in [3.63, 3.8) is 0 Å². The van der Waals surface area contributed by atoms with Crippen molar-refractivity contribution in [2.24, 2.45) is 0 Å². The van der Waals surface area contributed by atoms with Gasteiger partial charge in [-0.15, -0.1) is 0 Å². The lowest BCUT2D eigenvalue weighted by atomic mass is 9.85. The average molecular weight is 355 g/mol. The highest BCUT2D eigenvalue weighted by Gasteiger charge is 2.31. The first kappa shape index (κ1) is 16.0. The zero-order valence-corrected chi connectivity index (χ0v) is 15.5. The minimum absolute atomic E-state index is 0.424. The summed E-state index contributed by atoms with van der Waals surface area (Å²) >= 11 is 13.1. The highest BCUT2D eigenvalue weighted by Crippen LogP contribution is 2.50. The molecule has 0 nitrogen and oxygen atoms in total. The Morgan fingerprint density at radius 3 is 1.46 bits per heavy atom. The quantitative estimate of drug-likeness (QED) is 0.542. The maximum atomic E-state index is 6.57. The lowest BCUT2D eigenvalue weighted by Gasteiger charge is -2.19. The van der Waals surface area contributed by atoms with Gasteiger partial charge in [0.15, 0.2) is 0 Å². The van der Waals surface area contributed by atoms with E-state index in [4.69, 9.17) is 23.2 Å². The van der Waals surface area contributed by atoms with Crippen molar-refractivity contribution in [1.82, 2.24) is 0 Å². The maximum Gasteiger partial charge on any atom is 0.0476 e. The first-order chi connectivity index (χ1) is 11.6. The molecule has 2 aliphatic carbocycles. The molecule has 0 amide bonds. The van der Waals surface area contributed by atoms with Gasteiger partial charge in [-0.2, -0.15) is 0 Å². The molecule has 0 saturated carbocycles. The lowest BCUT2D eigenvalue weighted by molar-refractivity contribution is 0.611. The number of allylic oxidation sites excluding steroid dienone is 2. The fraction of sp³-hybridized carbons (Fsp3) is 0.273. The van der Waals surface area contributed by atoms with E-state index < -0.39 is 0 Å². The summed E-state index contributed by atoms with van der Waals surface area (Å²) in [5.41, 5.74) is 7.77. The third kappa shape index (κ3) is 2.36. The van der Waals surface area contributed by atoms with Crippen LogP contribution >= 0.6 is 23.2 Å². The lowest BCUT2D eigenvalue weighted by Crippen LogP contribution is -2.03. The summed E-state index contributed by atoms with van der Waals surface area (Å²) in [7, 11) is 0. The van der Waals surface area contributed by atoms with Gasteiger partial charge in [-0.3, -0.25) is 0 Å². The van der Waals surface area contributed by atoms with Crippen LogP contribution in [0.5, 0.6) is 0 Å². The van der Waals surface area contributed by atoms with Gasteiger partial charge < -0.3 is 0 Å². The number of rotatable bonds is 3. The second kappa shape index (κ2) is 6.10. The van der Waals surface area contributed by atoms with E-state index in [1.54, 1.807) is 0 Å². The summed E-state index contributed by atoms with van der Waals surface area (Å²) in [6.45, 7) is 4.34. The molecule has 0 bridgehead atoms. The molecular formula is C22H20Cl2. The molecule has 0 saturated heterocycles. The Kier molecular flexibility index (Phi) is 4.06. The third-order valence-corrected chi connectivity index (χ3v) is 6.63. The first-order valence-corrected chi connectivity index (χ1v) is 9.26. The Morgan fingerprint density at radius 1 is 0.667 bits per heavy atom. The van der Waals surface area contributed by atoms with E-state index in [1.807, 2.05) is 0 Å². The molecule has 2 heteroatoms. The van der Waals surface area contributed by atoms with Crippen molar-refractivity contribution in [3.8, 4) is 0 Å². The SMILES string of the molecule is CC1=C(Cl)c2ccccc2C1CCC1C(C)=C(Cl)c2ccccc21. The highest BCUT2D eigenvalue weighted by atomic mass is 35.5. The van der Waals surface area contributed by atoms with Crippen LogP contribution in [0.3, 0.4) is 0 Å². The van der Waals surface area contributed by atoms with Crippen LogP contribution in [0.2, 0.25) is 0 Å². The molecule has 2 atom stereocenters. The molecule has 2 aromatic rings. The number of benzene rings is 2. The van der Waals surface area contributed by atoms with Gasteiger partial charge in [-0.25, -0.2) is 0 Å². The van der Waals surface area contributed by atoms with Crippen molar-refractivity contribution < 1.29 is 0 Å². The van der Waals surface area contributed by atoms with Gasteiger partial charge in [-0.1, -0.05) is 71.7 Å². The topological polar surface area (TPSA) is 0 Å². The number of hydrogen-bond donors (Lipinski definition) is 0. The van der Waals surface area contributed by atoms with Crippen LogP contribution in [-0.4, -0.2) is 0 Å². The van der Waals surface area contributed by atoms with Gasteiger partial charge in [-0.05, 0) is 60.1 Å². The number of fused-ring (bicyclic) bond motifs is 2. The summed E-state index contributed by atoms with van der Waals surface area (Å²) in [6.07, 6.45) is 2.19. The maximum absolute atomic E-state index is 6.57. The van der Waals surface area contributed by atoms with Crippen LogP contribution in [0.25, 0.3) is 10.1 Å². The van der Waals surface area contributed by atoms with Gasteiger partial charge in [0.25, 0.3) is 0 Å². The molecule has 24 heavy (non-hydrogen) atoms. The van der Waals surface area contributed by atoms with Gasteiger partial charge in [0.2, 0.25) is 0 Å². The van der Waals surface area contributed by atoms with Crippen LogP contribution < -0.4 is 0 Å². The zero-order valence-electron chi connectivity index (χ0n) is 13.9. The Labute approximate surface area is 153 Å². The van der Waals surface area contributed by atoms with E-state index in [-0.39, 0.29) is 0 Å². The monoisotopic (exact) mass is 354 g/mol. The number of halogens is 2. The molecule has 0 aliphatic heterocycles. The summed E-state index contributed by atoms with van der Waals surface area (Å²) in [4.78, 5) is 0. The van der Waals surface area contributed by atoms with Crippen molar-refractivity contribution in [2.45, 2.75) is 38.5 Å². The largest absolute Gasteiger partial charge is 0.0837 e. The van der Waals surface area contributed by atoms with E-state index in [0.717, 1.165) is 22.9 Å². The summed E-state index contributed by atoms with van der Waals surface area (Å²) in [5.74, 6) is 0.848. The molecule has 2 unspecified atom stereocenters. The molecule has 2 aliphatic rings.